The van der Waals surface area contributed by atoms with E-state index in [1.54, 1.807) is 12.4 Å². The van der Waals surface area contributed by atoms with E-state index in [1.165, 1.54) is 30.6 Å². The van der Waals surface area contributed by atoms with Crippen LogP contribution in [0.3, 0.4) is 0 Å². The highest BCUT2D eigenvalue weighted by Gasteiger charge is 2.46. The van der Waals surface area contributed by atoms with Gasteiger partial charge >= 0.3 is 0 Å². The molecule has 1 saturated heterocycles. The lowest BCUT2D eigenvalue weighted by Crippen LogP contribution is -2.54. The molecule has 0 saturated carbocycles. The molecule has 4 heteroatoms. The predicted octanol–water partition coefficient (Wildman–Crippen LogP) is 4.24. The van der Waals surface area contributed by atoms with Crippen molar-refractivity contribution in [2.24, 2.45) is 0 Å². The van der Waals surface area contributed by atoms with E-state index < -0.39 is 5.41 Å². The number of carbonyl (C=O) groups excluding carboxylic acids is 2. The van der Waals surface area contributed by atoms with Gasteiger partial charge in [-0.15, -0.1) is 0 Å². The van der Waals surface area contributed by atoms with E-state index in [4.69, 9.17) is 0 Å². The molecule has 1 aliphatic rings. The van der Waals surface area contributed by atoms with E-state index in [0.29, 0.717) is 19.4 Å². The summed E-state index contributed by atoms with van der Waals surface area (Å²) < 4.78 is 0. The third-order valence-electron chi connectivity index (χ3n) is 5.29. The Bertz CT molecular complexity index is 544. The number of hydrogen-bond acceptors (Lipinski definition) is 3. The molecule has 0 bridgehead atoms. The van der Waals surface area contributed by atoms with Crippen LogP contribution in [-0.2, 0) is 15.0 Å². The van der Waals surface area contributed by atoms with Crippen LogP contribution >= 0.6 is 0 Å². The van der Waals surface area contributed by atoms with Crippen molar-refractivity contribution in [1.82, 2.24) is 9.88 Å². The fourth-order valence-corrected chi connectivity index (χ4v) is 3.68. The number of unbranched alkanes of at least 4 members (excludes halogenated alkanes) is 5. The van der Waals surface area contributed by atoms with Gasteiger partial charge in [0.25, 0.3) is 0 Å². The maximum Gasteiger partial charge on any atom is 0.239 e. The third-order valence-corrected chi connectivity index (χ3v) is 5.29. The fraction of sp³-hybridized carbons (Fsp3) is 0.650. The molecule has 1 aromatic heterocycles. The number of piperidine rings is 1. The second-order valence-corrected chi connectivity index (χ2v) is 6.79. The van der Waals surface area contributed by atoms with Crippen LogP contribution in [0.1, 0.15) is 77.2 Å². The van der Waals surface area contributed by atoms with Crippen LogP contribution < -0.4 is 0 Å². The molecule has 0 unspecified atom stereocenters. The first kappa shape index (κ1) is 18.6. The lowest BCUT2D eigenvalue weighted by molar-refractivity contribution is -0.153. The molecule has 24 heavy (non-hydrogen) atoms. The van der Waals surface area contributed by atoms with Crippen LogP contribution in [-0.4, -0.2) is 28.2 Å². The number of amides is 2. The van der Waals surface area contributed by atoms with Gasteiger partial charge in [0, 0.05) is 25.4 Å². The zero-order valence-electron chi connectivity index (χ0n) is 15.1. The monoisotopic (exact) mass is 330 g/mol. The minimum atomic E-state index is -0.556. The number of likely N-dealkylation sites (tertiary alicyclic amines) is 1. The van der Waals surface area contributed by atoms with Crippen LogP contribution in [0, 0.1) is 0 Å². The van der Waals surface area contributed by atoms with Crippen molar-refractivity contribution < 1.29 is 9.59 Å². The first-order valence-electron chi connectivity index (χ1n) is 9.41. The summed E-state index contributed by atoms with van der Waals surface area (Å²) in [6, 6.07) is 3.83. The van der Waals surface area contributed by atoms with Crippen molar-refractivity contribution in [3.05, 3.63) is 30.1 Å². The molecule has 0 aliphatic carbocycles. The first-order chi connectivity index (χ1) is 11.7. The highest BCUT2D eigenvalue weighted by atomic mass is 16.2. The number of carbonyl (C=O) groups is 2. The number of rotatable bonds is 9. The maximum atomic E-state index is 13.1. The van der Waals surface area contributed by atoms with Gasteiger partial charge in [-0.1, -0.05) is 46.0 Å². The SMILES string of the molecule is CCCCCCCCN1C(=O)CC[C@](CC)(c2ccncc2)C1=O. The van der Waals surface area contributed by atoms with Crippen LogP contribution in [0.25, 0.3) is 0 Å². The van der Waals surface area contributed by atoms with Gasteiger partial charge < -0.3 is 0 Å². The first-order valence-corrected chi connectivity index (χ1v) is 9.41. The topological polar surface area (TPSA) is 50.3 Å². The van der Waals surface area contributed by atoms with Gasteiger partial charge in [-0.05, 0) is 37.0 Å². The van der Waals surface area contributed by atoms with Gasteiger partial charge in [0.2, 0.25) is 11.8 Å². The zero-order chi connectivity index (χ0) is 17.4. The molecule has 2 rings (SSSR count). The molecule has 2 heterocycles. The summed E-state index contributed by atoms with van der Waals surface area (Å²) in [5, 5.41) is 0. The summed E-state index contributed by atoms with van der Waals surface area (Å²) in [5.74, 6) is -0.0207. The number of nitrogens with zero attached hydrogens (tertiary/aromatic N) is 2. The Morgan fingerprint density at radius 2 is 1.71 bits per heavy atom. The predicted molar refractivity (Wildman–Crippen MR) is 95.5 cm³/mol. The molecule has 0 radical (unpaired) electrons. The van der Waals surface area contributed by atoms with E-state index >= 15 is 0 Å². The van der Waals surface area contributed by atoms with E-state index in [2.05, 4.69) is 11.9 Å². The van der Waals surface area contributed by atoms with Gasteiger partial charge in [0.15, 0.2) is 0 Å². The van der Waals surface area contributed by atoms with Crippen molar-refractivity contribution in [2.45, 2.75) is 77.0 Å². The standard InChI is InChI=1S/C20H30N2O2/c1-3-5-6-7-8-9-16-22-18(23)10-13-20(4-2,19(22)24)17-11-14-21-15-12-17/h11-12,14-15H,3-10,13,16H2,1-2H3/t20-/m1/s1. The quantitative estimate of drug-likeness (QED) is 0.503. The van der Waals surface area contributed by atoms with Gasteiger partial charge in [0.05, 0.1) is 5.41 Å². The highest BCUT2D eigenvalue weighted by molar-refractivity contribution is 6.03. The van der Waals surface area contributed by atoms with Crippen LogP contribution in [0.4, 0.5) is 0 Å². The molecule has 0 aromatic carbocycles. The highest BCUT2D eigenvalue weighted by Crippen LogP contribution is 2.38. The van der Waals surface area contributed by atoms with E-state index in [0.717, 1.165) is 24.8 Å². The Morgan fingerprint density at radius 1 is 1.04 bits per heavy atom. The van der Waals surface area contributed by atoms with Crippen molar-refractivity contribution in [3.8, 4) is 0 Å². The minimum absolute atomic E-state index is 0.00770. The van der Waals surface area contributed by atoms with Gasteiger partial charge in [-0.3, -0.25) is 19.5 Å². The molecule has 1 aliphatic heterocycles. The number of hydrogen-bond donors (Lipinski definition) is 0. The third kappa shape index (κ3) is 4.03. The zero-order valence-corrected chi connectivity index (χ0v) is 15.1. The second kappa shape index (κ2) is 8.95. The van der Waals surface area contributed by atoms with Crippen LogP contribution in [0.2, 0.25) is 0 Å². The van der Waals surface area contributed by atoms with E-state index in [-0.39, 0.29) is 11.8 Å². The summed E-state index contributed by atoms with van der Waals surface area (Å²) in [7, 11) is 0. The Hall–Kier alpha value is -1.71. The van der Waals surface area contributed by atoms with Crippen molar-refractivity contribution >= 4 is 11.8 Å². The number of imide groups is 1. The molecule has 0 N–H and O–H groups in total. The summed E-state index contributed by atoms with van der Waals surface area (Å²) in [6.07, 6.45) is 12.2. The second-order valence-electron chi connectivity index (χ2n) is 6.79. The molecular weight excluding hydrogens is 300 g/mol. The summed E-state index contributed by atoms with van der Waals surface area (Å²) >= 11 is 0. The fourth-order valence-electron chi connectivity index (χ4n) is 3.68. The van der Waals surface area contributed by atoms with Crippen LogP contribution in [0.5, 0.6) is 0 Å². The number of pyridine rings is 1. The van der Waals surface area contributed by atoms with Crippen LogP contribution in [0.15, 0.2) is 24.5 Å². The molecule has 1 fully saturated rings. The van der Waals surface area contributed by atoms with E-state index in [9.17, 15) is 9.59 Å². The molecule has 1 atom stereocenters. The van der Waals surface area contributed by atoms with Crippen molar-refractivity contribution in [1.29, 1.82) is 0 Å². The molecule has 1 aromatic rings. The van der Waals surface area contributed by atoms with Crippen molar-refractivity contribution in [3.63, 3.8) is 0 Å². The largest absolute Gasteiger partial charge is 0.282 e. The smallest absolute Gasteiger partial charge is 0.239 e. The average molecular weight is 330 g/mol. The average Bonchev–Trinajstić information content (AvgIpc) is 2.62. The van der Waals surface area contributed by atoms with Gasteiger partial charge in [0.1, 0.15) is 0 Å². The Kier molecular flexibility index (Phi) is 6.95. The normalized spacial score (nSPS) is 21.3. The minimum Gasteiger partial charge on any atom is -0.282 e. The van der Waals surface area contributed by atoms with E-state index in [1.807, 2.05) is 19.1 Å². The molecular formula is C20H30N2O2. The molecule has 4 nitrogen and oxygen atoms in total. The van der Waals surface area contributed by atoms with Gasteiger partial charge in [-0.25, -0.2) is 0 Å². The molecule has 0 spiro atoms. The molecule has 2 amide bonds. The maximum absolute atomic E-state index is 13.1. The Morgan fingerprint density at radius 3 is 2.38 bits per heavy atom. The summed E-state index contributed by atoms with van der Waals surface area (Å²) in [5.41, 5.74) is 0.435. The molecule has 132 valence electrons. The van der Waals surface area contributed by atoms with Crippen molar-refractivity contribution in [2.75, 3.05) is 6.54 Å². The van der Waals surface area contributed by atoms with Gasteiger partial charge in [-0.2, -0.15) is 0 Å². The number of aromatic nitrogens is 1. The lowest BCUT2D eigenvalue weighted by Gasteiger charge is -2.40. The summed E-state index contributed by atoms with van der Waals surface area (Å²) in [6.45, 7) is 4.81. The lowest BCUT2D eigenvalue weighted by atomic mass is 9.71. The summed E-state index contributed by atoms with van der Waals surface area (Å²) in [4.78, 5) is 31.0. The Labute approximate surface area is 145 Å². The Balaban J connectivity index is 2.03.